The number of aliphatic hydroxyl groups excluding tert-OH is 1. The average Bonchev–Trinajstić information content (AvgIpc) is 3.41. The number of hydrogen-bond acceptors (Lipinski definition) is 6. The molecule has 180 valence electrons. The molecular weight excluding hydrogens is 426 g/mol. The van der Waals surface area contributed by atoms with Crippen molar-refractivity contribution >= 4 is 23.4 Å². The molecule has 3 heterocycles. The van der Waals surface area contributed by atoms with Crippen LogP contribution in [0.4, 0.5) is 5.69 Å². The van der Waals surface area contributed by atoms with Gasteiger partial charge in [-0.1, -0.05) is 0 Å². The Labute approximate surface area is 193 Å². The van der Waals surface area contributed by atoms with Crippen molar-refractivity contribution in [2.45, 2.75) is 70.4 Å². The summed E-state index contributed by atoms with van der Waals surface area (Å²) in [6.07, 6.45) is 0.687. The maximum Gasteiger partial charge on any atom is 0.246 e. The first kappa shape index (κ1) is 23.5. The van der Waals surface area contributed by atoms with Crippen LogP contribution in [0.25, 0.3) is 0 Å². The lowest BCUT2D eigenvalue weighted by Gasteiger charge is -2.35. The highest BCUT2D eigenvalue weighted by molar-refractivity contribution is 6.02. The maximum atomic E-state index is 13.6. The van der Waals surface area contributed by atoms with Crippen LogP contribution in [0.3, 0.4) is 0 Å². The zero-order valence-corrected chi connectivity index (χ0v) is 19.5. The van der Waals surface area contributed by atoms with E-state index >= 15 is 0 Å². The number of likely N-dealkylation sites (tertiary alicyclic amines) is 1. The van der Waals surface area contributed by atoms with E-state index in [0.29, 0.717) is 30.9 Å². The molecule has 0 aromatic heterocycles. The van der Waals surface area contributed by atoms with Gasteiger partial charge in [-0.3, -0.25) is 14.4 Å². The molecule has 3 saturated heterocycles. The molecule has 6 atom stereocenters. The van der Waals surface area contributed by atoms with E-state index in [0.717, 1.165) is 0 Å². The summed E-state index contributed by atoms with van der Waals surface area (Å²) in [4.78, 5) is 41.6. The number of carbonyl (C=O) groups is 3. The predicted molar refractivity (Wildman–Crippen MR) is 121 cm³/mol. The third-order valence-corrected chi connectivity index (χ3v) is 6.89. The molecule has 1 aromatic rings. The fourth-order valence-corrected chi connectivity index (χ4v) is 5.64. The fourth-order valence-electron chi connectivity index (χ4n) is 5.64. The second-order valence-electron chi connectivity index (χ2n) is 9.44. The van der Waals surface area contributed by atoms with Crippen molar-refractivity contribution in [3.05, 3.63) is 24.3 Å². The van der Waals surface area contributed by atoms with Gasteiger partial charge in [0.25, 0.3) is 0 Å². The van der Waals surface area contributed by atoms with Gasteiger partial charge in [0.1, 0.15) is 17.4 Å². The van der Waals surface area contributed by atoms with Gasteiger partial charge in [0.05, 0.1) is 37.2 Å². The Morgan fingerprint density at radius 3 is 2.55 bits per heavy atom. The van der Waals surface area contributed by atoms with Crippen molar-refractivity contribution in [3.63, 3.8) is 0 Å². The summed E-state index contributed by atoms with van der Waals surface area (Å²) >= 11 is 0. The zero-order chi connectivity index (χ0) is 23.9. The van der Waals surface area contributed by atoms with Gasteiger partial charge in [0, 0.05) is 11.7 Å². The zero-order valence-electron chi connectivity index (χ0n) is 19.5. The lowest BCUT2D eigenvalue weighted by Crippen LogP contribution is -2.58. The number of aliphatic hydroxyl groups is 1. The Bertz CT molecular complexity index is 919. The first-order valence-electron chi connectivity index (χ1n) is 11.7. The van der Waals surface area contributed by atoms with Crippen LogP contribution in [-0.2, 0) is 19.1 Å². The standard InChI is InChI=1S/C24H33N3O6/c1-5-32-16-8-6-15(7-9-16)26-21(29)18-17-10-11-24(33-17)19(18)23(31)27(14(4)12-28)20(24)22(30)25-13(2)3/h6-9,13-14,17-20,28H,5,10-12H2,1-4H3,(H,25,30)(H,26,29)/t14-,17-,18+,19+,20?,24?/m1/s1. The van der Waals surface area contributed by atoms with Crippen molar-refractivity contribution < 1.29 is 29.0 Å². The van der Waals surface area contributed by atoms with Crippen molar-refractivity contribution in [2.75, 3.05) is 18.5 Å². The van der Waals surface area contributed by atoms with Crippen molar-refractivity contribution in [2.24, 2.45) is 11.8 Å². The topological polar surface area (TPSA) is 117 Å². The molecule has 3 fully saturated rings. The summed E-state index contributed by atoms with van der Waals surface area (Å²) in [5.41, 5.74) is -0.467. The van der Waals surface area contributed by atoms with Crippen LogP contribution in [0.2, 0.25) is 0 Å². The molecule has 2 unspecified atom stereocenters. The molecule has 3 amide bonds. The number of anilines is 1. The molecule has 0 saturated carbocycles. The van der Waals surface area contributed by atoms with Gasteiger partial charge in [-0.15, -0.1) is 0 Å². The average molecular weight is 460 g/mol. The summed E-state index contributed by atoms with van der Waals surface area (Å²) < 4.78 is 11.8. The van der Waals surface area contributed by atoms with E-state index in [1.165, 1.54) is 4.90 Å². The summed E-state index contributed by atoms with van der Waals surface area (Å²) in [7, 11) is 0. The summed E-state index contributed by atoms with van der Waals surface area (Å²) in [5, 5.41) is 15.6. The summed E-state index contributed by atoms with van der Waals surface area (Å²) in [5.74, 6) is -1.69. The van der Waals surface area contributed by atoms with Crippen LogP contribution in [0, 0.1) is 11.8 Å². The molecule has 4 rings (SSSR count). The third kappa shape index (κ3) is 3.87. The first-order chi connectivity index (χ1) is 15.7. The SMILES string of the molecule is CCOc1ccc(NC(=O)[C@@H]2[C@H]3C(=O)N([C@H](C)CO)C(C(=O)NC(C)C)C34CC[C@H]2O4)cc1. The molecule has 3 N–H and O–H groups in total. The molecular formula is C24H33N3O6. The van der Waals surface area contributed by atoms with Gasteiger partial charge >= 0.3 is 0 Å². The number of benzene rings is 1. The second-order valence-corrected chi connectivity index (χ2v) is 9.44. The number of ether oxygens (including phenoxy) is 2. The van der Waals surface area contributed by atoms with Crippen molar-refractivity contribution in [1.82, 2.24) is 10.2 Å². The normalized spacial score (nSPS) is 31.0. The molecule has 0 radical (unpaired) electrons. The van der Waals surface area contributed by atoms with Gasteiger partial charge in [-0.05, 0) is 64.8 Å². The molecule has 9 heteroatoms. The van der Waals surface area contributed by atoms with E-state index in [4.69, 9.17) is 9.47 Å². The smallest absolute Gasteiger partial charge is 0.246 e. The molecule has 3 aliphatic rings. The van der Waals surface area contributed by atoms with Crippen LogP contribution in [0.5, 0.6) is 5.75 Å². The highest BCUT2D eigenvalue weighted by atomic mass is 16.5. The first-order valence-corrected chi connectivity index (χ1v) is 11.7. The molecule has 1 aromatic carbocycles. The summed E-state index contributed by atoms with van der Waals surface area (Å²) in [6, 6.07) is 5.48. The minimum Gasteiger partial charge on any atom is -0.494 e. The van der Waals surface area contributed by atoms with E-state index in [1.807, 2.05) is 20.8 Å². The molecule has 1 spiro atoms. The van der Waals surface area contributed by atoms with Crippen LogP contribution < -0.4 is 15.4 Å². The lowest BCUT2D eigenvalue weighted by molar-refractivity contribution is -0.144. The Morgan fingerprint density at radius 1 is 1.24 bits per heavy atom. The number of nitrogens with one attached hydrogen (secondary N) is 2. The van der Waals surface area contributed by atoms with Crippen LogP contribution in [0.15, 0.2) is 24.3 Å². The molecule has 3 aliphatic heterocycles. The highest BCUT2D eigenvalue weighted by Gasteiger charge is 2.74. The van der Waals surface area contributed by atoms with E-state index in [2.05, 4.69) is 10.6 Å². The largest absolute Gasteiger partial charge is 0.494 e. The van der Waals surface area contributed by atoms with Gasteiger partial charge in [-0.25, -0.2) is 0 Å². The van der Waals surface area contributed by atoms with E-state index in [9.17, 15) is 19.5 Å². The van der Waals surface area contributed by atoms with Gasteiger partial charge in [-0.2, -0.15) is 0 Å². The Balaban J connectivity index is 1.62. The summed E-state index contributed by atoms with van der Waals surface area (Å²) in [6.45, 7) is 7.56. The third-order valence-electron chi connectivity index (χ3n) is 6.89. The number of fused-ring (bicyclic) bond motifs is 1. The van der Waals surface area contributed by atoms with E-state index in [1.54, 1.807) is 31.2 Å². The number of carbonyl (C=O) groups excluding carboxylic acids is 3. The van der Waals surface area contributed by atoms with Crippen molar-refractivity contribution in [1.29, 1.82) is 0 Å². The Hall–Kier alpha value is -2.65. The van der Waals surface area contributed by atoms with Crippen molar-refractivity contribution in [3.8, 4) is 5.75 Å². The number of amides is 3. The Morgan fingerprint density at radius 2 is 1.94 bits per heavy atom. The van der Waals surface area contributed by atoms with Crippen LogP contribution in [0.1, 0.15) is 40.5 Å². The monoisotopic (exact) mass is 459 g/mol. The number of nitrogens with zero attached hydrogens (tertiary/aromatic N) is 1. The predicted octanol–water partition coefficient (Wildman–Crippen LogP) is 1.30. The van der Waals surface area contributed by atoms with Gasteiger partial charge in [0.2, 0.25) is 17.7 Å². The minimum absolute atomic E-state index is 0.119. The molecule has 0 aliphatic carbocycles. The lowest BCUT2D eigenvalue weighted by atomic mass is 9.70. The minimum atomic E-state index is -1.06. The van der Waals surface area contributed by atoms with Crippen LogP contribution >= 0.6 is 0 Å². The van der Waals surface area contributed by atoms with Crippen LogP contribution in [-0.4, -0.2) is 70.8 Å². The molecule has 33 heavy (non-hydrogen) atoms. The van der Waals surface area contributed by atoms with Gasteiger partial charge < -0.3 is 30.1 Å². The highest BCUT2D eigenvalue weighted by Crippen LogP contribution is 2.58. The second kappa shape index (κ2) is 8.95. The molecule has 9 nitrogen and oxygen atoms in total. The Kier molecular flexibility index (Phi) is 6.37. The fraction of sp³-hybridized carbons (Fsp3) is 0.625. The quantitative estimate of drug-likeness (QED) is 0.540. The van der Waals surface area contributed by atoms with E-state index < -0.39 is 35.6 Å². The number of hydrogen-bond donors (Lipinski definition) is 3. The maximum absolute atomic E-state index is 13.6. The van der Waals surface area contributed by atoms with Gasteiger partial charge in [0.15, 0.2) is 0 Å². The van der Waals surface area contributed by atoms with E-state index in [-0.39, 0.29) is 30.4 Å². The number of rotatable bonds is 8. The molecule has 2 bridgehead atoms.